The fourth-order valence-corrected chi connectivity index (χ4v) is 1.69. The highest BCUT2D eigenvalue weighted by Gasteiger charge is 2.08. The normalized spacial score (nSPS) is 13.1. The number of hydrogen-bond acceptors (Lipinski definition) is 3. The highest BCUT2D eigenvalue weighted by molar-refractivity contribution is 5.72. The molecule has 4 heteroatoms. The lowest BCUT2D eigenvalue weighted by atomic mass is 10.2. The monoisotopic (exact) mass is 220 g/mol. The van der Waals surface area contributed by atoms with E-state index in [9.17, 15) is 4.79 Å². The van der Waals surface area contributed by atoms with Crippen LogP contribution in [0.25, 0.3) is 11.1 Å². The number of aromatic nitrogens is 1. The summed E-state index contributed by atoms with van der Waals surface area (Å²) in [6.07, 6.45) is 0.903. The van der Waals surface area contributed by atoms with E-state index < -0.39 is 0 Å². The quantitative estimate of drug-likeness (QED) is 0.851. The van der Waals surface area contributed by atoms with Crippen molar-refractivity contribution in [2.45, 2.75) is 25.9 Å². The molecular weight excluding hydrogens is 204 g/mol. The highest BCUT2D eigenvalue weighted by Crippen LogP contribution is 2.12. The van der Waals surface area contributed by atoms with E-state index in [2.05, 4.69) is 12.2 Å². The second-order valence-corrected chi connectivity index (χ2v) is 3.97. The topological polar surface area (TPSA) is 47.2 Å². The molecule has 16 heavy (non-hydrogen) atoms. The van der Waals surface area contributed by atoms with Crippen molar-refractivity contribution in [1.82, 2.24) is 9.88 Å². The molecule has 4 nitrogen and oxygen atoms in total. The van der Waals surface area contributed by atoms with Crippen molar-refractivity contribution in [1.29, 1.82) is 0 Å². The zero-order chi connectivity index (χ0) is 11.5. The molecule has 2 rings (SSSR count). The average Bonchev–Trinajstić information content (AvgIpc) is 2.62. The lowest BCUT2D eigenvalue weighted by Crippen LogP contribution is -2.25. The van der Waals surface area contributed by atoms with Crippen LogP contribution < -0.4 is 11.1 Å². The molecule has 2 aromatic rings. The third-order valence-corrected chi connectivity index (χ3v) is 2.85. The summed E-state index contributed by atoms with van der Waals surface area (Å²) in [6, 6.07) is 7.89. The van der Waals surface area contributed by atoms with Gasteiger partial charge < -0.3 is 9.73 Å². The van der Waals surface area contributed by atoms with Gasteiger partial charge in [0.25, 0.3) is 0 Å². The second-order valence-electron chi connectivity index (χ2n) is 3.97. The lowest BCUT2D eigenvalue weighted by molar-refractivity contribution is 0.465. The number of fused-ring (bicyclic) bond motifs is 1. The first-order chi connectivity index (χ1) is 7.72. The Morgan fingerprint density at radius 3 is 2.94 bits per heavy atom. The fourth-order valence-electron chi connectivity index (χ4n) is 1.69. The molecule has 1 atom stereocenters. The maximum absolute atomic E-state index is 11.6. The standard InChI is InChI=1S/C12H16N2O2/c1-9(13-2)7-8-14-10-5-3-4-6-11(10)16-12(14)15/h3-6,9,13H,7-8H2,1-2H3. The minimum absolute atomic E-state index is 0.274. The van der Waals surface area contributed by atoms with Crippen LogP contribution in [0.3, 0.4) is 0 Å². The minimum atomic E-state index is -0.274. The molecule has 0 saturated carbocycles. The number of nitrogens with one attached hydrogen (secondary N) is 1. The van der Waals surface area contributed by atoms with E-state index >= 15 is 0 Å². The molecule has 0 amide bonds. The van der Waals surface area contributed by atoms with Gasteiger partial charge in [-0.05, 0) is 32.5 Å². The molecule has 1 aromatic carbocycles. The van der Waals surface area contributed by atoms with Crippen molar-refractivity contribution < 1.29 is 4.42 Å². The Balaban J connectivity index is 2.29. The van der Waals surface area contributed by atoms with Crippen LogP contribution in [0.15, 0.2) is 33.5 Å². The summed E-state index contributed by atoms with van der Waals surface area (Å²) >= 11 is 0. The molecular formula is C12H16N2O2. The molecule has 0 saturated heterocycles. The van der Waals surface area contributed by atoms with Crippen LogP contribution in [0.4, 0.5) is 0 Å². The molecule has 0 aliphatic heterocycles. The first-order valence-corrected chi connectivity index (χ1v) is 5.48. The minimum Gasteiger partial charge on any atom is -0.408 e. The van der Waals surface area contributed by atoms with Crippen LogP contribution in [-0.4, -0.2) is 17.7 Å². The fraction of sp³-hybridized carbons (Fsp3) is 0.417. The van der Waals surface area contributed by atoms with Crippen molar-refractivity contribution in [3.05, 3.63) is 34.8 Å². The van der Waals surface area contributed by atoms with E-state index in [-0.39, 0.29) is 5.76 Å². The Kier molecular flexibility index (Phi) is 3.10. The third-order valence-electron chi connectivity index (χ3n) is 2.85. The van der Waals surface area contributed by atoms with Gasteiger partial charge in [-0.3, -0.25) is 4.57 Å². The zero-order valence-corrected chi connectivity index (χ0v) is 9.56. The molecule has 0 radical (unpaired) electrons. The van der Waals surface area contributed by atoms with Crippen LogP contribution in [0.2, 0.25) is 0 Å². The van der Waals surface area contributed by atoms with Crippen LogP contribution in [0.1, 0.15) is 13.3 Å². The van der Waals surface area contributed by atoms with E-state index in [1.807, 2.05) is 31.3 Å². The van der Waals surface area contributed by atoms with Gasteiger partial charge in [0.1, 0.15) is 0 Å². The highest BCUT2D eigenvalue weighted by atomic mass is 16.4. The molecule has 1 aromatic heterocycles. The maximum Gasteiger partial charge on any atom is 0.419 e. The van der Waals surface area contributed by atoms with Gasteiger partial charge >= 0.3 is 5.76 Å². The van der Waals surface area contributed by atoms with Gasteiger partial charge in [0.05, 0.1) is 5.52 Å². The predicted octanol–water partition coefficient (Wildman–Crippen LogP) is 1.59. The summed E-state index contributed by atoms with van der Waals surface area (Å²) in [7, 11) is 1.92. The molecule has 0 aliphatic carbocycles. The van der Waals surface area contributed by atoms with Crippen LogP contribution in [-0.2, 0) is 6.54 Å². The zero-order valence-electron chi connectivity index (χ0n) is 9.56. The number of hydrogen-bond donors (Lipinski definition) is 1. The Bertz CT molecular complexity index is 527. The largest absolute Gasteiger partial charge is 0.419 e. The Hall–Kier alpha value is -1.55. The summed E-state index contributed by atoms with van der Waals surface area (Å²) in [5, 5.41) is 3.15. The molecule has 1 heterocycles. The summed E-state index contributed by atoms with van der Waals surface area (Å²) in [5.41, 5.74) is 1.53. The van der Waals surface area contributed by atoms with Gasteiger partial charge in [-0.15, -0.1) is 0 Å². The van der Waals surface area contributed by atoms with E-state index in [0.29, 0.717) is 18.2 Å². The lowest BCUT2D eigenvalue weighted by Gasteiger charge is -2.09. The summed E-state index contributed by atoms with van der Waals surface area (Å²) < 4.78 is 6.84. The number of para-hydroxylation sites is 2. The first-order valence-electron chi connectivity index (χ1n) is 5.48. The van der Waals surface area contributed by atoms with Crippen molar-refractivity contribution in [3.8, 4) is 0 Å². The summed E-state index contributed by atoms with van der Waals surface area (Å²) in [4.78, 5) is 11.6. The van der Waals surface area contributed by atoms with Gasteiger partial charge in [-0.2, -0.15) is 0 Å². The van der Waals surface area contributed by atoms with Crippen molar-refractivity contribution in [2.24, 2.45) is 0 Å². The second kappa shape index (κ2) is 4.53. The molecule has 1 unspecified atom stereocenters. The molecule has 0 fully saturated rings. The van der Waals surface area contributed by atoms with Crippen molar-refractivity contribution >= 4 is 11.1 Å². The SMILES string of the molecule is CNC(C)CCn1c(=O)oc2ccccc21. The number of aryl methyl sites for hydroxylation is 1. The molecule has 1 N–H and O–H groups in total. The number of nitrogens with zero attached hydrogens (tertiary/aromatic N) is 1. The number of rotatable bonds is 4. The van der Waals surface area contributed by atoms with Crippen molar-refractivity contribution in [3.63, 3.8) is 0 Å². The van der Waals surface area contributed by atoms with E-state index in [0.717, 1.165) is 11.9 Å². The van der Waals surface area contributed by atoms with Gasteiger partial charge in [-0.1, -0.05) is 12.1 Å². The van der Waals surface area contributed by atoms with E-state index in [1.165, 1.54) is 0 Å². The molecule has 0 aliphatic rings. The predicted molar refractivity (Wildman–Crippen MR) is 63.6 cm³/mol. The Labute approximate surface area is 93.9 Å². The third kappa shape index (κ3) is 2.02. The summed E-state index contributed by atoms with van der Waals surface area (Å²) in [5.74, 6) is -0.274. The Morgan fingerprint density at radius 1 is 1.44 bits per heavy atom. The van der Waals surface area contributed by atoms with Gasteiger partial charge in [-0.25, -0.2) is 4.79 Å². The van der Waals surface area contributed by atoms with Crippen LogP contribution in [0.5, 0.6) is 0 Å². The summed E-state index contributed by atoms with van der Waals surface area (Å²) in [6.45, 7) is 2.77. The smallest absolute Gasteiger partial charge is 0.408 e. The average molecular weight is 220 g/mol. The van der Waals surface area contributed by atoms with Gasteiger partial charge in [0.15, 0.2) is 5.58 Å². The van der Waals surface area contributed by atoms with Crippen molar-refractivity contribution in [2.75, 3.05) is 7.05 Å². The first kappa shape index (κ1) is 11.0. The van der Waals surface area contributed by atoms with E-state index in [4.69, 9.17) is 4.42 Å². The van der Waals surface area contributed by atoms with Crippen LogP contribution >= 0.6 is 0 Å². The molecule has 0 bridgehead atoms. The van der Waals surface area contributed by atoms with Crippen LogP contribution in [0, 0.1) is 0 Å². The number of benzene rings is 1. The van der Waals surface area contributed by atoms with Gasteiger partial charge in [0, 0.05) is 12.6 Å². The van der Waals surface area contributed by atoms with E-state index in [1.54, 1.807) is 4.57 Å². The molecule has 0 spiro atoms. The Morgan fingerprint density at radius 2 is 2.19 bits per heavy atom. The molecule has 86 valence electrons. The maximum atomic E-state index is 11.6. The number of oxazole rings is 1. The van der Waals surface area contributed by atoms with Gasteiger partial charge in [0.2, 0.25) is 0 Å².